The Bertz CT molecular complexity index is 455. The van der Waals surface area contributed by atoms with E-state index >= 15 is 0 Å². The van der Waals surface area contributed by atoms with Gasteiger partial charge < -0.3 is 16.4 Å². The monoisotopic (exact) mass is 293 g/mol. The molecule has 0 saturated carbocycles. The zero-order valence-electron chi connectivity index (χ0n) is 12.1. The number of nitrogens with two attached hydrogens (primary N) is 1. The highest BCUT2D eigenvalue weighted by atomic mass is 32.2. The minimum atomic E-state index is -0.532. The average molecular weight is 293 g/mol. The van der Waals surface area contributed by atoms with E-state index in [1.54, 1.807) is 0 Å². The molecule has 1 saturated heterocycles. The molecular weight excluding hydrogens is 270 g/mol. The molecule has 2 rings (SSSR count). The van der Waals surface area contributed by atoms with Gasteiger partial charge in [0.15, 0.2) is 0 Å². The first-order chi connectivity index (χ1) is 9.48. The lowest BCUT2D eigenvalue weighted by Gasteiger charge is -2.26. The molecule has 5 heteroatoms. The predicted octanol–water partition coefficient (Wildman–Crippen LogP) is 3.11. The van der Waals surface area contributed by atoms with Gasteiger partial charge in [-0.2, -0.15) is 11.8 Å². The number of nitrogens with one attached hydrogen (secondary N) is 2. The lowest BCUT2D eigenvalue weighted by molar-refractivity contribution is 0.259. The second-order valence-electron chi connectivity index (χ2n) is 5.62. The number of primary amides is 1. The van der Waals surface area contributed by atoms with Gasteiger partial charge >= 0.3 is 6.03 Å². The first-order valence-corrected chi connectivity index (χ1v) is 8.01. The molecular formula is C15H23N3OS. The topological polar surface area (TPSA) is 67.2 Å². The highest BCUT2D eigenvalue weighted by Gasteiger charge is 2.29. The largest absolute Gasteiger partial charge is 0.351 e. The zero-order chi connectivity index (χ0) is 14.6. The van der Waals surface area contributed by atoms with Crippen molar-refractivity contribution >= 4 is 23.5 Å². The van der Waals surface area contributed by atoms with Crippen LogP contribution in [0.1, 0.15) is 38.3 Å². The molecule has 4 N–H and O–H groups in total. The van der Waals surface area contributed by atoms with E-state index < -0.39 is 6.03 Å². The summed E-state index contributed by atoms with van der Waals surface area (Å²) in [6, 6.07) is 7.57. The summed E-state index contributed by atoms with van der Waals surface area (Å²) in [4.78, 5) is 10.8. The van der Waals surface area contributed by atoms with Crippen LogP contribution in [0.2, 0.25) is 0 Å². The van der Waals surface area contributed by atoms with Crippen LogP contribution in [0.15, 0.2) is 24.3 Å². The number of hydrogen-bond acceptors (Lipinski definition) is 3. The summed E-state index contributed by atoms with van der Waals surface area (Å²) in [5.41, 5.74) is 7.03. The van der Waals surface area contributed by atoms with Gasteiger partial charge in [0.25, 0.3) is 0 Å². The number of amides is 2. The number of rotatable bonds is 5. The third kappa shape index (κ3) is 4.15. The number of carbonyl (C=O) groups is 1. The maximum absolute atomic E-state index is 10.8. The van der Waals surface area contributed by atoms with Crippen LogP contribution < -0.4 is 16.4 Å². The highest BCUT2D eigenvalue weighted by molar-refractivity contribution is 8.00. The number of urea groups is 1. The van der Waals surface area contributed by atoms with Gasteiger partial charge in [-0.05, 0) is 50.1 Å². The van der Waals surface area contributed by atoms with Crippen molar-refractivity contribution in [2.45, 2.75) is 37.5 Å². The number of hydrogen-bond donors (Lipinski definition) is 3. The first kappa shape index (κ1) is 15.2. The molecule has 1 aliphatic heterocycles. The van der Waals surface area contributed by atoms with Crippen molar-refractivity contribution in [3.8, 4) is 0 Å². The third-order valence-electron chi connectivity index (χ3n) is 3.76. The normalized spacial score (nSPS) is 23.5. The van der Waals surface area contributed by atoms with Crippen molar-refractivity contribution in [3.63, 3.8) is 0 Å². The van der Waals surface area contributed by atoms with Gasteiger partial charge in [-0.1, -0.05) is 12.1 Å². The van der Waals surface area contributed by atoms with E-state index in [2.05, 4.69) is 36.2 Å². The summed E-state index contributed by atoms with van der Waals surface area (Å²) in [5.74, 6) is 1.28. The van der Waals surface area contributed by atoms with Gasteiger partial charge in [0.05, 0.1) is 0 Å². The standard InChI is InChI=1S/C15H23N3OS/c1-11(17-10-15(2)8-3-9-20-15)12-4-6-13(7-5-12)18-14(16)19/h4-7,11,17H,3,8-10H2,1-2H3,(H3,16,18,19). The smallest absolute Gasteiger partial charge is 0.316 e. The molecule has 0 aromatic heterocycles. The average Bonchev–Trinajstić information content (AvgIpc) is 2.84. The Labute approximate surface area is 124 Å². The van der Waals surface area contributed by atoms with Crippen molar-refractivity contribution in [3.05, 3.63) is 29.8 Å². The van der Waals surface area contributed by atoms with Gasteiger partial charge in [-0.15, -0.1) is 0 Å². The van der Waals surface area contributed by atoms with E-state index in [0.717, 1.165) is 12.2 Å². The third-order valence-corrected chi connectivity index (χ3v) is 5.30. The van der Waals surface area contributed by atoms with Crippen molar-refractivity contribution in [2.75, 3.05) is 17.6 Å². The zero-order valence-corrected chi connectivity index (χ0v) is 12.9. The van der Waals surface area contributed by atoms with Gasteiger partial charge in [0.1, 0.15) is 0 Å². The fraction of sp³-hybridized carbons (Fsp3) is 0.533. The molecule has 1 heterocycles. The summed E-state index contributed by atoms with van der Waals surface area (Å²) >= 11 is 2.07. The second kappa shape index (κ2) is 6.50. The van der Waals surface area contributed by atoms with E-state index in [9.17, 15) is 4.79 Å². The van der Waals surface area contributed by atoms with Crippen LogP contribution in [0.25, 0.3) is 0 Å². The molecule has 1 aliphatic rings. The number of carbonyl (C=O) groups excluding carboxylic acids is 1. The lowest BCUT2D eigenvalue weighted by Crippen LogP contribution is -2.34. The quantitative estimate of drug-likeness (QED) is 0.781. The first-order valence-electron chi connectivity index (χ1n) is 7.02. The highest BCUT2D eigenvalue weighted by Crippen LogP contribution is 2.37. The number of thioether (sulfide) groups is 1. The van der Waals surface area contributed by atoms with Crippen LogP contribution in [-0.4, -0.2) is 23.1 Å². The van der Waals surface area contributed by atoms with Gasteiger partial charge in [0.2, 0.25) is 0 Å². The Morgan fingerprint density at radius 1 is 1.45 bits per heavy atom. The van der Waals surface area contributed by atoms with Crippen LogP contribution in [0.4, 0.5) is 10.5 Å². The Kier molecular flexibility index (Phi) is 4.94. The molecule has 1 fully saturated rings. The van der Waals surface area contributed by atoms with Gasteiger partial charge in [-0.25, -0.2) is 4.79 Å². The Morgan fingerprint density at radius 3 is 2.70 bits per heavy atom. The van der Waals surface area contributed by atoms with Crippen molar-refractivity contribution < 1.29 is 4.79 Å². The lowest BCUT2D eigenvalue weighted by atomic mass is 10.0. The molecule has 110 valence electrons. The van der Waals surface area contributed by atoms with Crippen molar-refractivity contribution in [1.82, 2.24) is 5.32 Å². The molecule has 0 spiro atoms. The Hall–Kier alpha value is -1.20. The summed E-state index contributed by atoms with van der Waals surface area (Å²) in [5, 5.41) is 6.18. The molecule has 1 aromatic carbocycles. The van der Waals surface area contributed by atoms with Crippen LogP contribution in [0.3, 0.4) is 0 Å². The van der Waals surface area contributed by atoms with E-state index in [1.807, 2.05) is 24.3 Å². The number of benzene rings is 1. The van der Waals surface area contributed by atoms with Gasteiger partial charge in [-0.3, -0.25) is 0 Å². The van der Waals surface area contributed by atoms with Gasteiger partial charge in [0, 0.05) is 23.0 Å². The molecule has 20 heavy (non-hydrogen) atoms. The van der Waals surface area contributed by atoms with Crippen LogP contribution in [-0.2, 0) is 0 Å². The second-order valence-corrected chi connectivity index (χ2v) is 7.30. The van der Waals surface area contributed by atoms with Crippen LogP contribution in [0, 0.1) is 0 Å². The van der Waals surface area contributed by atoms with Crippen LogP contribution >= 0.6 is 11.8 Å². The van der Waals surface area contributed by atoms with E-state index in [1.165, 1.54) is 24.2 Å². The summed E-state index contributed by atoms with van der Waals surface area (Å²) in [7, 11) is 0. The fourth-order valence-electron chi connectivity index (χ4n) is 2.46. The molecule has 2 atom stereocenters. The molecule has 0 aliphatic carbocycles. The van der Waals surface area contributed by atoms with Crippen molar-refractivity contribution in [2.24, 2.45) is 5.73 Å². The van der Waals surface area contributed by atoms with Crippen molar-refractivity contribution in [1.29, 1.82) is 0 Å². The minimum Gasteiger partial charge on any atom is -0.351 e. The Morgan fingerprint density at radius 2 is 2.15 bits per heavy atom. The molecule has 0 radical (unpaired) electrons. The van der Waals surface area contributed by atoms with E-state index in [0.29, 0.717) is 10.8 Å². The van der Waals surface area contributed by atoms with Crippen LogP contribution in [0.5, 0.6) is 0 Å². The molecule has 0 bridgehead atoms. The van der Waals surface area contributed by atoms with E-state index in [4.69, 9.17) is 5.73 Å². The number of anilines is 1. The fourth-order valence-corrected chi connectivity index (χ4v) is 3.72. The minimum absolute atomic E-state index is 0.302. The molecule has 1 aromatic rings. The molecule has 2 amide bonds. The summed E-state index contributed by atoms with van der Waals surface area (Å²) in [6.45, 7) is 5.53. The molecule has 4 nitrogen and oxygen atoms in total. The summed E-state index contributed by atoms with van der Waals surface area (Å²) in [6.07, 6.45) is 2.61. The maximum atomic E-state index is 10.8. The Balaban J connectivity index is 1.88. The SMILES string of the molecule is CC(NCC1(C)CCCS1)c1ccc(NC(N)=O)cc1. The molecule has 2 unspecified atom stereocenters. The van der Waals surface area contributed by atoms with E-state index in [-0.39, 0.29) is 0 Å². The predicted molar refractivity (Wildman–Crippen MR) is 86.2 cm³/mol. The maximum Gasteiger partial charge on any atom is 0.316 e. The summed E-state index contributed by atoms with van der Waals surface area (Å²) < 4.78 is 0.377.